The Bertz CT molecular complexity index is 1180. The number of anilines is 2. The fourth-order valence-electron chi connectivity index (χ4n) is 4.06. The largest absolute Gasteiger partial charge is 0.459 e. The van der Waals surface area contributed by atoms with Gasteiger partial charge in [0.2, 0.25) is 0 Å². The molecule has 2 N–H and O–H groups in total. The first-order valence-electron chi connectivity index (χ1n) is 11.0. The van der Waals surface area contributed by atoms with E-state index in [1.165, 1.54) is 12.1 Å². The molecule has 8 nitrogen and oxygen atoms in total. The molecule has 0 saturated carbocycles. The van der Waals surface area contributed by atoms with Crippen molar-refractivity contribution >= 4 is 23.0 Å². The predicted octanol–water partition coefficient (Wildman–Crippen LogP) is 5.14. The first-order chi connectivity index (χ1) is 15.9. The van der Waals surface area contributed by atoms with E-state index in [-0.39, 0.29) is 17.9 Å². The van der Waals surface area contributed by atoms with Gasteiger partial charge in [0, 0.05) is 36.5 Å². The molecule has 2 aromatic carbocycles. The van der Waals surface area contributed by atoms with Crippen LogP contribution in [0.1, 0.15) is 41.4 Å². The Kier molecular flexibility index (Phi) is 6.46. The summed E-state index contributed by atoms with van der Waals surface area (Å²) in [6.07, 6.45) is 2.02. The molecule has 1 amide bonds. The molecule has 3 aromatic rings. The number of nitrogens with zero attached hydrogens (tertiary/aromatic N) is 2. The van der Waals surface area contributed by atoms with Gasteiger partial charge in [-0.05, 0) is 55.5 Å². The zero-order valence-electron chi connectivity index (χ0n) is 18.7. The maximum Gasteiger partial charge on any atom is 0.270 e. The Morgan fingerprint density at radius 2 is 1.94 bits per heavy atom. The Morgan fingerprint density at radius 1 is 1.18 bits per heavy atom. The number of aliphatic hydroxyl groups excluding tert-OH is 1. The van der Waals surface area contributed by atoms with Crippen molar-refractivity contribution < 1.29 is 19.2 Å². The average Bonchev–Trinajstić information content (AvgIpc) is 3.30. The summed E-state index contributed by atoms with van der Waals surface area (Å²) in [4.78, 5) is 26.4. The summed E-state index contributed by atoms with van der Waals surface area (Å²) in [5.74, 6) is 1.25. The lowest BCUT2D eigenvalue weighted by atomic mass is 9.97. The van der Waals surface area contributed by atoms with Crippen LogP contribution in [-0.4, -0.2) is 29.0 Å². The van der Waals surface area contributed by atoms with Crippen molar-refractivity contribution in [3.8, 4) is 11.3 Å². The van der Waals surface area contributed by atoms with Crippen LogP contribution in [0.2, 0.25) is 0 Å². The molecule has 0 spiro atoms. The number of nitro groups is 1. The molecule has 1 saturated heterocycles. The summed E-state index contributed by atoms with van der Waals surface area (Å²) in [5.41, 5.74) is 3.05. The number of carbonyl (C=O) groups excluding carboxylic acids is 1. The number of furan rings is 1. The summed E-state index contributed by atoms with van der Waals surface area (Å²) >= 11 is 0. The minimum absolute atomic E-state index is 0.119. The van der Waals surface area contributed by atoms with Crippen molar-refractivity contribution in [3.63, 3.8) is 0 Å². The minimum Gasteiger partial charge on any atom is -0.459 e. The van der Waals surface area contributed by atoms with Gasteiger partial charge in [0.15, 0.2) is 0 Å². The highest BCUT2D eigenvalue weighted by Crippen LogP contribution is 2.31. The molecule has 4 rings (SSSR count). The number of hydrogen-bond acceptors (Lipinski definition) is 6. The van der Waals surface area contributed by atoms with Crippen LogP contribution in [0.4, 0.5) is 17.1 Å². The fourth-order valence-corrected chi connectivity index (χ4v) is 4.06. The van der Waals surface area contributed by atoms with E-state index in [9.17, 15) is 20.0 Å². The quantitative estimate of drug-likeness (QED) is 0.398. The zero-order valence-corrected chi connectivity index (χ0v) is 18.7. The molecule has 0 radical (unpaired) electrons. The van der Waals surface area contributed by atoms with Crippen molar-refractivity contribution in [1.29, 1.82) is 0 Å². The van der Waals surface area contributed by atoms with Crippen LogP contribution in [0, 0.1) is 23.0 Å². The highest BCUT2D eigenvalue weighted by Gasteiger charge is 2.24. The van der Waals surface area contributed by atoms with Crippen molar-refractivity contribution in [3.05, 3.63) is 75.5 Å². The SMILES string of the molecule is Cc1ccc(-c2ccc(CO)o2)cc1NC(=O)c1cc([N+](=O)[O-])ccc1N1CCC(C)CC1. The number of amides is 1. The van der Waals surface area contributed by atoms with E-state index < -0.39 is 10.8 Å². The normalized spacial score (nSPS) is 14.3. The second-order valence-corrected chi connectivity index (χ2v) is 8.54. The number of aryl methyl sites for hydroxylation is 1. The van der Waals surface area contributed by atoms with Gasteiger partial charge in [-0.1, -0.05) is 19.1 Å². The van der Waals surface area contributed by atoms with Crippen LogP contribution < -0.4 is 10.2 Å². The molecule has 0 unspecified atom stereocenters. The van der Waals surface area contributed by atoms with E-state index in [0.29, 0.717) is 28.8 Å². The topological polar surface area (TPSA) is 109 Å². The van der Waals surface area contributed by atoms with Gasteiger partial charge >= 0.3 is 0 Å². The number of nitrogens with one attached hydrogen (secondary N) is 1. The summed E-state index contributed by atoms with van der Waals surface area (Å²) in [7, 11) is 0. The number of rotatable bonds is 6. The summed E-state index contributed by atoms with van der Waals surface area (Å²) in [5, 5.41) is 23.6. The maximum absolute atomic E-state index is 13.4. The number of carbonyl (C=O) groups is 1. The lowest BCUT2D eigenvalue weighted by molar-refractivity contribution is -0.384. The van der Waals surface area contributed by atoms with Crippen molar-refractivity contribution in [1.82, 2.24) is 0 Å². The maximum atomic E-state index is 13.4. The number of aliphatic hydroxyl groups is 1. The lowest BCUT2D eigenvalue weighted by Crippen LogP contribution is -2.34. The Morgan fingerprint density at radius 3 is 2.61 bits per heavy atom. The molecular weight excluding hydrogens is 422 g/mol. The molecule has 0 atom stereocenters. The number of nitro benzene ring substituents is 1. The summed E-state index contributed by atoms with van der Waals surface area (Å²) in [6, 6.07) is 13.5. The number of non-ortho nitro benzene ring substituents is 1. The molecule has 1 aliphatic heterocycles. The van der Waals surface area contributed by atoms with E-state index >= 15 is 0 Å². The molecule has 172 valence electrons. The van der Waals surface area contributed by atoms with Crippen LogP contribution in [0.15, 0.2) is 52.9 Å². The molecule has 2 heterocycles. The average molecular weight is 450 g/mol. The molecule has 1 aliphatic rings. The van der Waals surface area contributed by atoms with E-state index in [2.05, 4.69) is 17.1 Å². The van der Waals surface area contributed by atoms with Gasteiger partial charge in [-0.2, -0.15) is 0 Å². The first kappa shape index (κ1) is 22.5. The predicted molar refractivity (Wildman–Crippen MR) is 126 cm³/mol. The second kappa shape index (κ2) is 9.46. The molecular formula is C25H27N3O5. The van der Waals surface area contributed by atoms with Crippen LogP contribution in [0.5, 0.6) is 0 Å². The van der Waals surface area contributed by atoms with Crippen molar-refractivity contribution in [2.75, 3.05) is 23.3 Å². The van der Waals surface area contributed by atoms with E-state index in [0.717, 1.165) is 37.1 Å². The van der Waals surface area contributed by atoms with Gasteiger partial charge in [-0.25, -0.2) is 0 Å². The first-order valence-corrected chi connectivity index (χ1v) is 11.0. The van der Waals surface area contributed by atoms with Crippen LogP contribution in [0.3, 0.4) is 0 Å². The lowest BCUT2D eigenvalue weighted by Gasteiger charge is -2.33. The van der Waals surface area contributed by atoms with Crippen molar-refractivity contribution in [2.24, 2.45) is 5.92 Å². The third-order valence-electron chi connectivity index (χ3n) is 6.15. The highest BCUT2D eigenvalue weighted by molar-refractivity contribution is 6.09. The van der Waals surface area contributed by atoms with Gasteiger partial charge in [0.25, 0.3) is 11.6 Å². The minimum atomic E-state index is -0.486. The summed E-state index contributed by atoms with van der Waals surface area (Å²) in [6.45, 7) is 5.50. The van der Waals surface area contributed by atoms with E-state index in [1.54, 1.807) is 24.3 Å². The molecule has 33 heavy (non-hydrogen) atoms. The Hall–Kier alpha value is -3.65. The molecule has 1 aromatic heterocycles. The zero-order chi connectivity index (χ0) is 23.5. The number of benzene rings is 2. The Balaban J connectivity index is 1.65. The fraction of sp³-hybridized carbons (Fsp3) is 0.320. The number of hydrogen-bond donors (Lipinski definition) is 2. The third kappa shape index (κ3) is 4.90. The monoisotopic (exact) mass is 449 g/mol. The van der Waals surface area contributed by atoms with Crippen LogP contribution >= 0.6 is 0 Å². The van der Waals surface area contributed by atoms with Gasteiger partial charge in [-0.3, -0.25) is 14.9 Å². The van der Waals surface area contributed by atoms with Gasteiger partial charge in [0.05, 0.1) is 16.2 Å². The van der Waals surface area contributed by atoms with E-state index in [4.69, 9.17) is 4.42 Å². The molecule has 0 aliphatic carbocycles. The van der Waals surface area contributed by atoms with Crippen LogP contribution in [0.25, 0.3) is 11.3 Å². The summed E-state index contributed by atoms with van der Waals surface area (Å²) < 4.78 is 5.61. The second-order valence-electron chi connectivity index (χ2n) is 8.54. The van der Waals surface area contributed by atoms with Gasteiger partial charge in [-0.15, -0.1) is 0 Å². The van der Waals surface area contributed by atoms with Crippen molar-refractivity contribution in [2.45, 2.75) is 33.3 Å². The number of piperidine rings is 1. The third-order valence-corrected chi connectivity index (χ3v) is 6.15. The van der Waals surface area contributed by atoms with E-state index in [1.807, 2.05) is 19.1 Å². The van der Waals surface area contributed by atoms with Crippen LogP contribution in [-0.2, 0) is 6.61 Å². The molecule has 8 heteroatoms. The molecule has 0 bridgehead atoms. The molecule has 1 fully saturated rings. The standard InChI is InChI=1S/C25H27N3O5/c1-16-9-11-27(12-10-16)23-7-5-19(28(31)32)14-21(23)25(30)26-22-13-18(4-3-17(22)2)24-8-6-20(15-29)33-24/h3-8,13-14,16,29H,9-12,15H2,1-2H3,(H,26,30). The highest BCUT2D eigenvalue weighted by atomic mass is 16.6. The van der Waals surface area contributed by atoms with Gasteiger partial charge in [0.1, 0.15) is 18.1 Å². The smallest absolute Gasteiger partial charge is 0.270 e. The Labute approximate surface area is 192 Å². The van der Waals surface area contributed by atoms with Gasteiger partial charge < -0.3 is 19.7 Å².